The summed E-state index contributed by atoms with van der Waals surface area (Å²) >= 11 is 3.45. The van der Waals surface area contributed by atoms with E-state index in [0.717, 1.165) is 20.8 Å². The van der Waals surface area contributed by atoms with Crippen LogP contribution in [0.3, 0.4) is 0 Å². The fraction of sp³-hybridized carbons (Fsp3) is 0.0625. The van der Waals surface area contributed by atoms with Crippen molar-refractivity contribution in [1.82, 2.24) is 4.98 Å². The van der Waals surface area contributed by atoms with Crippen LogP contribution in [0.1, 0.15) is 10.4 Å². The van der Waals surface area contributed by atoms with Crippen LogP contribution in [0.5, 0.6) is 5.75 Å². The third-order valence-electron chi connectivity index (χ3n) is 3.75. The van der Waals surface area contributed by atoms with Gasteiger partial charge in [0.1, 0.15) is 11.3 Å². The third-order valence-corrected chi connectivity index (χ3v) is 4.37. The Hall–Kier alpha value is -2.47. The molecule has 0 aliphatic rings. The number of ether oxygens (including phenoxy) is 1. The number of carboxylic acids is 1. The summed E-state index contributed by atoms with van der Waals surface area (Å²) in [7, 11) is 1.59. The van der Waals surface area contributed by atoms with Crippen molar-refractivity contribution in [2.45, 2.75) is 0 Å². The van der Waals surface area contributed by atoms with Crippen LogP contribution in [-0.2, 0) is 0 Å². The van der Waals surface area contributed by atoms with E-state index in [0.29, 0.717) is 22.4 Å². The Morgan fingerprint density at radius 2 is 2.09 bits per heavy atom. The first-order valence-electron chi connectivity index (χ1n) is 6.54. The summed E-state index contributed by atoms with van der Waals surface area (Å²) in [5.41, 5.74) is 2.90. The normalized spacial score (nSPS) is 11.5. The first kappa shape index (κ1) is 13.2. The van der Waals surface area contributed by atoms with Crippen molar-refractivity contribution < 1.29 is 19.1 Å². The fourth-order valence-corrected chi connectivity index (χ4v) is 3.25. The van der Waals surface area contributed by atoms with E-state index >= 15 is 0 Å². The molecule has 0 saturated carbocycles. The van der Waals surface area contributed by atoms with Crippen LogP contribution >= 0.6 is 15.9 Å². The van der Waals surface area contributed by atoms with Crippen molar-refractivity contribution in [2.24, 2.45) is 0 Å². The number of carbonyl (C=O) groups is 1. The number of aromatic amines is 1. The number of methoxy groups -OCH3 is 1. The summed E-state index contributed by atoms with van der Waals surface area (Å²) < 4.78 is 12.0. The number of carboxylic acid groups (broad SMARTS) is 1. The lowest BCUT2D eigenvalue weighted by Crippen LogP contribution is -1.96. The topological polar surface area (TPSA) is 75.5 Å². The molecule has 0 radical (unpaired) electrons. The van der Waals surface area contributed by atoms with Gasteiger partial charge < -0.3 is 19.2 Å². The first-order valence-corrected chi connectivity index (χ1v) is 7.33. The molecule has 110 valence electrons. The number of aromatic nitrogens is 1. The lowest BCUT2D eigenvalue weighted by atomic mass is 10.1. The zero-order valence-electron chi connectivity index (χ0n) is 11.4. The van der Waals surface area contributed by atoms with Crippen LogP contribution in [0.4, 0.5) is 0 Å². The number of para-hydroxylation sites is 1. The highest BCUT2D eigenvalue weighted by atomic mass is 79.9. The van der Waals surface area contributed by atoms with Crippen LogP contribution in [0.15, 0.2) is 39.2 Å². The Bertz CT molecular complexity index is 1060. The first-order chi connectivity index (χ1) is 10.6. The molecular weight excluding hydrogens is 350 g/mol. The summed E-state index contributed by atoms with van der Waals surface area (Å²) in [6.07, 6.45) is 0. The molecule has 0 amide bonds. The number of aromatic carboxylic acids is 1. The second-order valence-electron chi connectivity index (χ2n) is 4.95. The zero-order chi connectivity index (χ0) is 15.4. The van der Waals surface area contributed by atoms with E-state index in [2.05, 4.69) is 20.9 Å². The number of furan rings is 1. The van der Waals surface area contributed by atoms with Crippen LogP contribution in [0.25, 0.3) is 33.0 Å². The van der Waals surface area contributed by atoms with E-state index < -0.39 is 5.97 Å². The molecule has 0 atom stereocenters. The predicted molar refractivity (Wildman–Crippen MR) is 86.8 cm³/mol. The van der Waals surface area contributed by atoms with Crippen molar-refractivity contribution in [1.29, 1.82) is 0 Å². The van der Waals surface area contributed by atoms with Gasteiger partial charge in [-0.15, -0.1) is 0 Å². The van der Waals surface area contributed by atoms with Crippen LogP contribution < -0.4 is 4.74 Å². The molecule has 22 heavy (non-hydrogen) atoms. The predicted octanol–water partition coefficient (Wildman–Crippen LogP) is 4.54. The SMILES string of the molecule is COc1cc2oc3c4cccc(C(=O)O)c4[nH]c3c2cc1Br. The molecule has 0 unspecified atom stereocenters. The fourth-order valence-electron chi connectivity index (χ4n) is 2.75. The van der Waals surface area contributed by atoms with E-state index in [9.17, 15) is 9.90 Å². The Morgan fingerprint density at radius 3 is 2.82 bits per heavy atom. The molecule has 4 aromatic rings. The van der Waals surface area contributed by atoms with Crippen molar-refractivity contribution in [3.8, 4) is 5.75 Å². The molecule has 0 aliphatic carbocycles. The number of rotatable bonds is 2. The maximum Gasteiger partial charge on any atom is 0.337 e. The van der Waals surface area contributed by atoms with Gasteiger partial charge in [-0.05, 0) is 34.1 Å². The standard InChI is InChI=1S/C16H10BrNO4/c1-21-12-6-11-9(5-10(12)17)14-15(22-11)7-3-2-4-8(16(19)20)13(7)18-14/h2-6,18H,1H3,(H,19,20). The zero-order valence-corrected chi connectivity index (χ0v) is 13.0. The molecule has 4 rings (SSSR count). The Morgan fingerprint density at radius 1 is 1.27 bits per heavy atom. The maximum atomic E-state index is 11.3. The van der Waals surface area contributed by atoms with E-state index in [-0.39, 0.29) is 5.56 Å². The Kier molecular flexibility index (Phi) is 2.71. The smallest absolute Gasteiger partial charge is 0.337 e. The van der Waals surface area contributed by atoms with Gasteiger partial charge in [0.25, 0.3) is 0 Å². The number of nitrogens with one attached hydrogen (secondary N) is 1. The number of hydrogen-bond acceptors (Lipinski definition) is 3. The third kappa shape index (κ3) is 1.67. The molecule has 2 heterocycles. The molecule has 0 bridgehead atoms. The highest BCUT2D eigenvalue weighted by Crippen LogP contribution is 2.39. The number of H-pyrrole nitrogens is 1. The summed E-state index contributed by atoms with van der Waals surface area (Å²) in [5, 5.41) is 10.9. The molecular formula is C16H10BrNO4. The molecule has 2 N–H and O–H groups in total. The summed E-state index contributed by atoms with van der Waals surface area (Å²) in [4.78, 5) is 14.5. The summed E-state index contributed by atoms with van der Waals surface area (Å²) in [6, 6.07) is 8.83. The highest BCUT2D eigenvalue weighted by molar-refractivity contribution is 9.10. The molecule has 0 spiro atoms. The molecule has 2 aromatic heterocycles. The van der Waals surface area contributed by atoms with Crippen LogP contribution in [0, 0.1) is 0 Å². The van der Waals surface area contributed by atoms with E-state index in [1.165, 1.54) is 0 Å². The molecule has 5 nitrogen and oxygen atoms in total. The number of benzene rings is 2. The summed E-state index contributed by atoms with van der Waals surface area (Å²) in [6.45, 7) is 0. The molecule has 2 aromatic carbocycles. The highest BCUT2D eigenvalue weighted by Gasteiger charge is 2.18. The second-order valence-corrected chi connectivity index (χ2v) is 5.80. The van der Waals surface area contributed by atoms with Gasteiger partial charge in [0.2, 0.25) is 0 Å². The van der Waals surface area contributed by atoms with Gasteiger partial charge in [-0.3, -0.25) is 0 Å². The van der Waals surface area contributed by atoms with Crippen LogP contribution in [-0.4, -0.2) is 23.2 Å². The van der Waals surface area contributed by atoms with Crippen molar-refractivity contribution in [2.75, 3.05) is 7.11 Å². The minimum Gasteiger partial charge on any atom is -0.495 e. The van der Waals surface area contributed by atoms with Crippen molar-refractivity contribution in [3.05, 3.63) is 40.4 Å². The summed E-state index contributed by atoms with van der Waals surface area (Å²) in [5.74, 6) is -0.291. The van der Waals surface area contributed by atoms with Gasteiger partial charge in [-0.25, -0.2) is 4.79 Å². The van der Waals surface area contributed by atoms with Gasteiger partial charge in [0, 0.05) is 16.8 Å². The quantitative estimate of drug-likeness (QED) is 0.551. The minimum atomic E-state index is -0.971. The van der Waals surface area contributed by atoms with Gasteiger partial charge in [0.05, 0.1) is 28.2 Å². The second kappa shape index (κ2) is 4.51. The number of hydrogen-bond donors (Lipinski definition) is 2. The number of fused-ring (bicyclic) bond motifs is 5. The van der Waals surface area contributed by atoms with Gasteiger partial charge in [0.15, 0.2) is 5.58 Å². The lowest BCUT2D eigenvalue weighted by molar-refractivity contribution is 0.0699. The van der Waals surface area contributed by atoms with Gasteiger partial charge in [-0.2, -0.15) is 0 Å². The van der Waals surface area contributed by atoms with Crippen molar-refractivity contribution in [3.63, 3.8) is 0 Å². The van der Waals surface area contributed by atoms with E-state index in [1.807, 2.05) is 12.1 Å². The maximum absolute atomic E-state index is 11.3. The Balaban J connectivity index is 2.15. The molecule has 0 aliphatic heterocycles. The molecule has 0 saturated heterocycles. The van der Waals surface area contributed by atoms with E-state index in [1.54, 1.807) is 25.3 Å². The van der Waals surface area contributed by atoms with Gasteiger partial charge in [-0.1, -0.05) is 6.07 Å². The van der Waals surface area contributed by atoms with Crippen LogP contribution in [0.2, 0.25) is 0 Å². The molecule has 0 fully saturated rings. The minimum absolute atomic E-state index is 0.227. The number of halogens is 1. The largest absolute Gasteiger partial charge is 0.495 e. The Labute approximate surface area is 132 Å². The monoisotopic (exact) mass is 359 g/mol. The lowest BCUT2D eigenvalue weighted by Gasteiger charge is -2.02. The average Bonchev–Trinajstić information content (AvgIpc) is 3.02. The average molecular weight is 360 g/mol. The van der Waals surface area contributed by atoms with Gasteiger partial charge >= 0.3 is 5.97 Å². The van der Waals surface area contributed by atoms with E-state index in [4.69, 9.17) is 9.15 Å². The molecule has 6 heteroatoms. The van der Waals surface area contributed by atoms with Crippen molar-refractivity contribution >= 4 is 54.9 Å².